The Morgan fingerprint density at radius 1 is 1.47 bits per heavy atom. The van der Waals surface area contributed by atoms with Gasteiger partial charge in [0.15, 0.2) is 5.78 Å². The summed E-state index contributed by atoms with van der Waals surface area (Å²) in [6, 6.07) is 3.92. The van der Waals surface area contributed by atoms with E-state index in [4.69, 9.17) is 9.84 Å². The Balaban J connectivity index is 2.17. The molecule has 0 saturated carbocycles. The molecule has 0 atom stereocenters. The van der Waals surface area contributed by atoms with E-state index in [-0.39, 0.29) is 23.5 Å². The largest absolute Gasteiger partial charge is 0.484 e. The molecule has 1 aromatic carbocycles. The third kappa shape index (κ3) is 2.90. The van der Waals surface area contributed by atoms with Gasteiger partial charge in [0, 0.05) is 19.2 Å². The van der Waals surface area contributed by atoms with Gasteiger partial charge in [-0.15, -0.1) is 0 Å². The number of ether oxygens (including phenoxy) is 1. The minimum Gasteiger partial charge on any atom is -0.484 e. The molecule has 102 valence electrons. The van der Waals surface area contributed by atoms with Gasteiger partial charge >= 0.3 is 5.97 Å². The van der Waals surface area contributed by atoms with Gasteiger partial charge in [0.25, 0.3) is 0 Å². The van der Waals surface area contributed by atoms with Gasteiger partial charge in [0.2, 0.25) is 0 Å². The van der Waals surface area contributed by atoms with Crippen LogP contribution >= 0.6 is 0 Å². The first-order chi connectivity index (χ1) is 8.92. The van der Waals surface area contributed by atoms with Crippen molar-refractivity contribution in [2.75, 3.05) is 13.1 Å². The maximum atomic E-state index is 13.6. The summed E-state index contributed by atoms with van der Waals surface area (Å²) in [7, 11) is 0. The van der Waals surface area contributed by atoms with E-state index in [2.05, 4.69) is 5.32 Å². The summed E-state index contributed by atoms with van der Waals surface area (Å²) < 4.78 is 19.2. The molecule has 1 saturated heterocycles. The zero-order valence-corrected chi connectivity index (χ0v) is 10.4. The van der Waals surface area contributed by atoms with Gasteiger partial charge in [-0.3, -0.25) is 9.59 Å². The Hall–Kier alpha value is -1.95. The second-order valence-corrected chi connectivity index (χ2v) is 4.66. The summed E-state index contributed by atoms with van der Waals surface area (Å²) >= 11 is 0. The number of benzene rings is 1. The molecule has 2 N–H and O–H groups in total. The average Bonchev–Trinajstić information content (AvgIpc) is 2.25. The molecule has 0 unspecified atom stereocenters. The van der Waals surface area contributed by atoms with Gasteiger partial charge < -0.3 is 15.2 Å². The van der Waals surface area contributed by atoms with Gasteiger partial charge in [-0.1, -0.05) is 0 Å². The first kappa shape index (κ1) is 13.5. The minimum absolute atomic E-state index is 0.00799. The van der Waals surface area contributed by atoms with E-state index < -0.39 is 17.4 Å². The van der Waals surface area contributed by atoms with Crippen molar-refractivity contribution in [3.8, 4) is 5.75 Å². The SMILES string of the molecule is CC(=O)c1ccc(OC2(CC(=O)O)CNC2)cc1F. The molecule has 2 rings (SSSR count). The molecule has 1 aromatic rings. The van der Waals surface area contributed by atoms with Crippen molar-refractivity contribution in [3.05, 3.63) is 29.6 Å². The van der Waals surface area contributed by atoms with E-state index in [1.165, 1.54) is 19.1 Å². The van der Waals surface area contributed by atoms with E-state index in [1.54, 1.807) is 0 Å². The third-order valence-corrected chi connectivity index (χ3v) is 3.02. The van der Waals surface area contributed by atoms with Crippen molar-refractivity contribution in [2.24, 2.45) is 0 Å². The number of Topliss-reactive ketones (excluding diaryl/α,β-unsaturated/α-hetero) is 1. The Morgan fingerprint density at radius 3 is 2.58 bits per heavy atom. The summed E-state index contributed by atoms with van der Waals surface area (Å²) in [5.41, 5.74) is -0.845. The molecule has 0 aliphatic carbocycles. The number of nitrogens with one attached hydrogen (secondary N) is 1. The molecule has 5 nitrogen and oxygen atoms in total. The van der Waals surface area contributed by atoms with Crippen molar-refractivity contribution in [1.82, 2.24) is 5.32 Å². The highest BCUT2D eigenvalue weighted by Gasteiger charge is 2.41. The first-order valence-electron chi connectivity index (χ1n) is 5.84. The lowest BCUT2D eigenvalue weighted by atomic mass is 9.92. The first-order valence-corrected chi connectivity index (χ1v) is 5.84. The maximum absolute atomic E-state index is 13.6. The molecule has 0 amide bonds. The summed E-state index contributed by atoms with van der Waals surface area (Å²) in [5, 5.41) is 11.8. The van der Waals surface area contributed by atoms with Crippen LogP contribution in [0.3, 0.4) is 0 Å². The fraction of sp³-hybridized carbons (Fsp3) is 0.385. The van der Waals surface area contributed by atoms with Gasteiger partial charge in [-0.05, 0) is 19.1 Å². The second kappa shape index (κ2) is 4.97. The van der Waals surface area contributed by atoms with E-state index in [9.17, 15) is 14.0 Å². The van der Waals surface area contributed by atoms with Crippen LogP contribution in [0.5, 0.6) is 5.75 Å². The van der Waals surface area contributed by atoms with Gasteiger partial charge in [-0.2, -0.15) is 0 Å². The van der Waals surface area contributed by atoms with Crippen molar-refractivity contribution in [1.29, 1.82) is 0 Å². The van der Waals surface area contributed by atoms with Crippen LogP contribution in [0, 0.1) is 5.82 Å². The second-order valence-electron chi connectivity index (χ2n) is 4.66. The van der Waals surface area contributed by atoms with Crippen LogP contribution in [0.15, 0.2) is 18.2 Å². The van der Waals surface area contributed by atoms with Crippen molar-refractivity contribution in [2.45, 2.75) is 18.9 Å². The fourth-order valence-corrected chi connectivity index (χ4v) is 2.01. The van der Waals surface area contributed by atoms with E-state index in [1.807, 2.05) is 0 Å². The standard InChI is InChI=1S/C13H14FNO4/c1-8(16)10-3-2-9(4-11(10)14)19-13(5-12(17)18)6-15-7-13/h2-4,15H,5-7H2,1H3,(H,17,18). The molecule has 1 aliphatic heterocycles. The summed E-state index contributed by atoms with van der Waals surface area (Å²) in [5.74, 6) is -1.77. The molecule has 0 radical (unpaired) electrons. The van der Waals surface area contributed by atoms with E-state index >= 15 is 0 Å². The topological polar surface area (TPSA) is 75.6 Å². The number of hydrogen-bond acceptors (Lipinski definition) is 4. The average molecular weight is 267 g/mol. The highest BCUT2D eigenvalue weighted by atomic mass is 19.1. The molecular weight excluding hydrogens is 253 g/mol. The summed E-state index contributed by atoms with van der Waals surface area (Å²) in [6.07, 6.45) is -0.157. The van der Waals surface area contributed by atoms with Crippen LogP contribution in [0.1, 0.15) is 23.7 Å². The van der Waals surface area contributed by atoms with Gasteiger partial charge in [-0.25, -0.2) is 4.39 Å². The number of aliphatic carboxylic acids is 1. The Bertz CT molecular complexity index is 525. The van der Waals surface area contributed by atoms with Crippen molar-refractivity contribution < 1.29 is 23.8 Å². The minimum atomic E-state index is -0.970. The molecule has 1 fully saturated rings. The molecule has 0 bridgehead atoms. The smallest absolute Gasteiger partial charge is 0.307 e. The molecular formula is C13H14FNO4. The number of carbonyl (C=O) groups is 2. The van der Waals surface area contributed by atoms with Crippen LogP contribution in [-0.4, -0.2) is 35.5 Å². The monoisotopic (exact) mass is 267 g/mol. The predicted octanol–water partition coefficient (Wildman–Crippen LogP) is 1.22. The number of hydrogen-bond donors (Lipinski definition) is 2. The lowest BCUT2D eigenvalue weighted by molar-refractivity contribution is -0.143. The Kier molecular flexibility index (Phi) is 3.53. The third-order valence-electron chi connectivity index (χ3n) is 3.02. The molecule has 1 heterocycles. The molecule has 0 aromatic heterocycles. The van der Waals surface area contributed by atoms with Crippen LogP contribution in [0.4, 0.5) is 4.39 Å². The van der Waals surface area contributed by atoms with Gasteiger partial charge in [0.1, 0.15) is 17.2 Å². The zero-order valence-electron chi connectivity index (χ0n) is 10.4. The van der Waals surface area contributed by atoms with E-state index in [0.29, 0.717) is 13.1 Å². The highest BCUT2D eigenvalue weighted by molar-refractivity contribution is 5.94. The molecule has 0 spiro atoms. The fourth-order valence-electron chi connectivity index (χ4n) is 2.01. The Labute approximate surface area is 109 Å². The number of halogens is 1. The highest BCUT2D eigenvalue weighted by Crippen LogP contribution is 2.27. The molecule has 19 heavy (non-hydrogen) atoms. The van der Waals surface area contributed by atoms with Crippen LogP contribution in [-0.2, 0) is 4.79 Å². The van der Waals surface area contributed by atoms with Crippen molar-refractivity contribution >= 4 is 11.8 Å². The maximum Gasteiger partial charge on any atom is 0.307 e. The summed E-state index contributed by atoms with van der Waals surface area (Å²) in [6.45, 7) is 2.07. The number of carboxylic acids is 1. The van der Waals surface area contributed by atoms with Crippen molar-refractivity contribution in [3.63, 3.8) is 0 Å². The normalized spacial score (nSPS) is 16.5. The van der Waals surface area contributed by atoms with Gasteiger partial charge in [0.05, 0.1) is 12.0 Å². The quantitative estimate of drug-likeness (QED) is 0.785. The Morgan fingerprint density at radius 2 is 2.16 bits per heavy atom. The van der Waals surface area contributed by atoms with Crippen LogP contribution < -0.4 is 10.1 Å². The molecule has 6 heteroatoms. The number of carbonyl (C=O) groups excluding carboxylic acids is 1. The van der Waals surface area contributed by atoms with Crippen LogP contribution in [0.2, 0.25) is 0 Å². The van der Waals surface area contributed by atoms with E-state index in [0.717, 1.165) is 6.07 Å². The van der Waals surface area contributed by atoms with Crippen LogP contribution in [0.25, 0.3) is 0 Å². The molecule has 1 aliphatic rings. The number of ketones is 1. The number of rotatable bonds is 5. The lowest BCUT2D eigenvalue weighted by Gasteiger charge is -2.41. The predicted molar refractivity (Wildman–Crippen MR) is 64.9 cm³/mol. The zero-order chi connectivity index (χ0) is 14.0. The lowest BCUT2D eigenvalue weighted by Crippen LogP contribution is -2.64. The number of carboxylic acid groups (broad SMARTS) is 1. The summed E-state index contributed by atoms with van der Waals surface area (Å²) in [4.78, 5) is 21.9.